The first kappa shape index (κ1) is 10.3. The molecule has 0 aliphatic carbocycles. The van der Waals surface area contributed by atoms with Gasteiger partial charge in [0.05, 0.1) is 5.56 Å². The highest BCUT2D eigenvalue weighted by Crippen LogP contribution is 2.31. The lowest BCUT2D eigenvalue weighted by molar-refractivity contribution is 0.145. The van der Waals surface area contributed by atoms with E-state index in [0.717, 1.165) is 6.07 Å². The Morgan fingerprint density at radius 3 is 2.33 bits per heavy atom. The van der Waals surface area contributed by atoms with Crippen LogP contribution in [0.25, 0.3) is 0 Å². The van der Waals surface area contributed by atoms with E-state index in [-0.39, 0.29) is 4.47 Å². The van der Waals surface area contributed by atoms with Crippen molar-refractivity contribution in [2.75, 3.05) is 0 Å². The van der Waals surface area contributed by atoms with Crippen molar-refractivity contribution in [3.63, 3.8) is 0 Å². The van der Waals surface area contributed by atoms with Gasteiger partial charge in [-0.1, -0.05) is 15.9 Å². The molecule has 1 rings (SSSR count). The summed E-state index contributed by atoms with van der Waals surface area (Å²) < 4.78 is 37.8. The summed E-state index contributed by atoms with van der Waals surface area (Å²) in [5.74, 6) is -0.872. The summed E-state index contributed by atoms with van der Waals surface area (Å²) in [6, 6.07) is 2.53. The van der Waals surface area contributed by atoms with Gasteiger partial charge in [0, 0.05) is 8.04 Å². The van der Waals surface area contributed by atoms with Crippen LogP contribution in [0.1, 0.15) is 12.0 Å². The maximum Gasteiger partial charge on any atom is 0.267 e. The summed E-state index contributed by atoms with van der Waals surface area (Å²) in [4.78, 5) is 0. The molecule has 5 heteroatoms. The molecule has 0 unspecified atom stereocenters. The van der Waals surface area contributed by atoms with E-state index in [0.29, 0.717) is 3.57 Å². The molecule has 12 heavy (non-hydrogen) atoms. The quantitative estimate of drug-likeness (QED) is 0.668. The first-order chi connectivity index (χ1) is 5.52. The first-order valence-electron chi connectivity index (χ1n) is 2.95. The SMILES string of the molecule is Fc1cc(I)cc(Br)c1C(F)F. The largest absolute Gasteiger partial charge is 0.267 e. The second kappa shape index (κ2) is 3.95. The average molecular weight is 351 g/mol. The van der Waals surface area contributed by atoms with Gasteiger partial charge in [0.25, 0.3) is 6.43 Å². The summed E-state index contributed by atoms with van der Waals surface area (Å²) >= 11 is 4.73. The standard InChI is InChI=1S/C7H3BrF3I/c8-4-1-3(12)2-5(9)6(4)7(10)11/h1-2,7H. The highest BCUT2D eigenvalue weighted by Gasteiger charge is 2.17. The van der Waals surface area contributed by atoms with Crippen LogP contribution in [0.2, 0.25) is 0 Å². The van der Waals surface area contributed by atoms with E-state index >= 15 is 0 Å². The van der Waals surface area contributed by atoms with E-state index < -0.39 is 17.8 Å². The molecule has 0 nitrogen and oxygen atoms in total. The Morgan fingerprint density at radius 2 is 1.92 bits per heavy atom. The zero-order valence-electron chi connectivity index (χ0n) is 5.62. The summed E-state index contributed by atoms with van der Waals surface area (Å²) in [6.07, 6.45) is -2.78. The molecule has 0 bridgehead atoms. The molecular weight excluding hydrogens is 348 g/mol. The number of halogens is 5. The van der Waals surface area contributed by atoms with Gasteiger partial charge in [-0.05, 0) is 34.7 Å². The van der Waals surface area contributed by atoms with E-state index in [1.54, 1.807) is 0 Å². The predicted molar refractivity (Wildman–Crippen MR) is 51.8 cm³/mol. The van der Waals surface area contributed by atoms with Gasteiger partial charge in [-0.25, -0.2) is 13.2 Å². The second-order valence-corrected chi connectivity index (χ2v) is 4.18. The fourth-order valence-electron chi connectivity index (χ4n) is 0.762. The zero-order chi connectivity index (χ0) is 9.30. The first-order valence-corrected chi connectivity index (χ1v) is 4.82. The van der Waals surface area contributed by atoms with Gasteiger partial charge < -0.3 is 0 Å². The monoisotopic (exact) mass is 350 g/mol. The number of hydrogen-bond donors (Lipinski definition) is 0. The molecule has 66 valence electrons. The fraction of sp³-hybridized carbons (Fsp3) is 0.143. The Morgan fingerprint density at radius 1 is 1.33 bits per heavy atom. The Balaban J connectivity index is 3.28. The van der Waals surface area contributed by atoms with Crippen molar-refractivity contribution in [1.29, 1.82) is 0 Å². The predicted octanol–water partition coefficient (Wildman–Crippen LogP) is 4.13. The van der Waals surface area contributed by atoms with Crippen molar-refractivity contribution in [3.8, 4) is 0 Å². The third kappa shape index (κ3) is 2.12. The topological polar surface area (TPSA) is 0 Å². The van der Waals surface area contributed by atoms with Crippen LogP contribution in [0.3, 0.4) is 0 Å². The Labute approximate surface area is 89.4 Å². The highest BCUT2D eigenvalue weighted by molar-refractivity contribution is 14.1. The third-order valence-corrected chi connectivity index (χ3v) is 2.54. The van der Waals surface area contributed by atoms with Crippen molar-refractivity contribution >= 4 is 38.5 Å². The molecule has 0 atom stereocenters. The van der Waals surface area contributed by atoms with Crippen LogP contribution >= 0.6 is 38.5 Å². The van der Waals surface area contributed by atoms with Crippen molar-refractivity contribution in [1.82, 2.24) is 0 Å². The molecule has 0 aromatic heterocycles. The Bertz CT molecular complexity index is 278. The summed E-state index contributed by atoms with van der Waals surface area (Å²) in [7, 11) is 0. The van der Waals surface area contributed by atoms with E-state index in [4.69, 9.17) is 0 Å². The minimum Gasteiger partial charge on any atom is -0.206 e. The minimum absolute atomic E-state index is 0.113. The van der Waals surface area contributed by atoms with E-state index in [9.17, 15) is 13.2 Å². The number of alkyl halides is 2. The van der Waals surface area contributed by atoms with E-state index in [2.05, 4.69) is 15.9 Å². The molecule has 0 saturated heterocycles. The van der Waals surface area contributed by atoms with Crippen LogP contribution in [-0.4, -0.2) is 0 Å². The van der Waals surface area contributed by atoms with Crippen molar-refractivity contribution in [2.45, 2.75) is 6.43 Å². The summed E-state index contributed by atoms with van der Waals surface area (Å²) in [6.45, 7) is 0. The smallest absolute Gasteiger partial charge is 0.206 e. The van der Waals surface area contributed by atoms with Crippen molar-refractivity contribution in [3.05, 3.63) is 31.6 Å². The lowest BCUT2D eigenvalue weighted by Crippen LogP contribution is -1.93. The Hall–Kier alpha value is 0.220. The zero-order valence-corrected chi connectivity index (χ0v) is 9.37. The molecule has 0 spiro atoms. The lowest BCUT2D eigenvalue weighted by Gasteiger charge is -2.04. The molecule has 0 amide bonds. The van der Waals surface area contributed by atoms with Gasteiger partial charge >= 0.3 is 0 Å². The number of hydrogen-bond acceptors (Lipinski definition) is 0. The van der Waals surface area contributed by atoms with Crippen molar-refractivity contribution in [2.24, 2.45) is 0 Å². The van der Waals surface area contributed by atoms with Crippen LogP contribution in [-0.2, 0) is 0 Å². The van der Waals surface area contributed by atoms with Crippen molar-refractivity contribution < 1.29 is 13.2 Å². The summed E-state index contributed by atoms with van der Waals surface area (Å²) in [5, 5.41) is 0. The van der Waals surface area contributed by atoms with Gasteiger partial charge in [-0.2, -0.15) is 0 Å². The minimum atomic E-state index is -2.78. The third-order valence-electron chi connectivity index (χ3n) is 1.26. The summed E-state index contributed by atoms with van der Waals surface area (Å²) in [5.41, 5.74) is -0.574. The molecule has 0 radical (unpaired) electrons. The maximum atomic E-state index is 12.8. The molecule has 1 aromatic rings. The van der Waals surface area contributed by atoms with Gasteiger partial charge in [-0.15, -0.1) is 0 Å². The van der Waals surface area contributed by atoms with Gasteiger partial charge in [0.1, 0.15) is 5.82 Å². The van der Waals surface area contributed by atoms with Gasteiger partial charge in [0.2, 0.25) is 0 Å². The maximum absolute atomic E-state index is 12.8. The van der Waals surface area contributed by atoms with Crippen LogP contribution in [0.15, 0.2) is 16.6 Å². The molecular formula is C7H3BrF3I. The normalized spacial score (nSPS) is 10.8. The number of benzene rings is 1. The Kier molecular flexibility index (Phi) is 3.39. The lowest BCUT2D eigenvalue weighted by atomic mass is 10.2. The van der Waals surface area contributed by atoms with Crippen LogP contribution in [0.5, 0.6) is 0 Å². The van der Waals surface area contributed by atoms with Crippen LogP contribution in [0.4, 0.5) is 13.2 Å². The van der Waals surface area contributed by atoms with Crippen LogP contribution in [0, 0.1) is 9.39 Å². The van der Waals surface area contributed by atoms with E-state index in [1.165, 1.54) is 6.07 Å². The molecule has 1 aromatic carbocycles. The van der Waals surface area contributed by atoms with Crippen LogP contribution < -0.4 is 0 Å². The molecule has 0 N–H and O–H groups in total. The molecule has 0 heterocycles. The van der Waals surface area contributed by atoms with Gasteiger partial charge in [0.15, 0.2) is 0 Å². The molecule has 0 aliphatic heterocycles. The second-order valence-electron chi connectivity index (χ2n) is 2.08. The van der Waals surface area contributed by atoms with Gasteiger partial charge in [-0.3, -0.25) is 0 Å². The molecule has 0 aliphatic rings. The molecule has 0 saturated carbocycles. The highest BCUT2D eigenvalue weighted by atomic mass is 127. The number of rotatable bonds is 1. The average Bonchev–Trinajstić information content (AvgIpc) is 1.82. The van der Waals surface area contributed by atoms with E-state index in [1.807, 2.05) is 22.6 Å². The molecule has 0 fully saturated rings. The fourth-order valence-corrected chi connectivity index (χ4v) is 2.38.